The zero-order chi connectivity index (χ0) is 33.6. The summed E-state index contributed by atoms with van der Waals surface area (Å²) in [5.74, 6) is 1.43. The summed E-state index contributed by atoms with van der Waals surface area (Å²) in [5, 5.41) is 3.87. The summed E-state index contributed by atoms with van der Waals surface area (Å²) in [6.45, 7) is 7.43. The Bertz CT molecular complexity index is 1810. The van der Waals surface area contributed by atoms with Crippen LogP contribution in [0, 0.1) is 0 Å². The first-order valence-electron chi connectivity index (χ1n) is 15.2. The Kier molecular flexibility index (Phi) is 11.0. The van der Waals surface area contributed by atoms with E-state index in [4.69, 9.17) is 37.1 Å². The second kappa shape index (κ2) is 15.0. The quantitative estimate of drug-likeness (QED) is 0.110. The van der Waals surface area contributed by atoms with E-state index in [0.717, 1.165) is 37.3 Å². The number of hydrogen-bond donors (Lipinski definition) is 1. The summed E-state index contributed by atoms with van der Waals surface area (Å²) in [4.78, 5) is 28.0. The first kappa shape index (κ1) is 34.6. The van der Waals surface area contributed by atoms with Gasteiger partial charge in [0.15, 0.2) is 11.5 Å². The topological polar surface area (TPSA) is 114 Å². The molecular weight excluding hydrogens is 663 g/mol. The minimum Gasteiger partial charge on any atom is -0.492 e. The second-order valence-electron chi connectivity index (χ2n) is 11.0. The summed E-state index contributed by atoms with van der Waals surface area (Å²) >= 11 is 12.9. The van der Waals surface area contributed by atoms with Gasteiger partial charge in [0, 0.05) is 29.5 Å². The molecule has 0 radical (unpaired) electrons. The van der Waals surface area contributed by atoms with Gasteiger partial charge in [-0.25, -0.2) is 19.2 Å². The second-order valence-corrected chi connectivity index (χ2v) is 13.5. The molecule has 1 unspecified atom stereocenters. The van der Waals surface area contributed by atoms with Crippen molar-refractivity contribution in [1.29, 1.82) is 0 Å². The Labute approximate surface area is 285 Å². The molecule has 4 aromatic rings. The number of rotatable bonds is 14. The van der Waals surface area contributed by atoms with Crippen LogP contribution in [0.3, 0.4) is 0 Å². The molecule has 0 bridgehead atoms. The highest BCUT2D eigenvalue weighted by Gasteiger charge is 2.50. The van der Waals surface area contributed by atoms with Crippen molar-refractivity contribution in [2.75, 3.05) is 55.9 Å². The molecule has 47 heavy (non-hydrogen) atoms. The van der Waals surface area contributed by atoms with Crippen LogP contribution in [0.4, 0.5) is 33.6 Å². The summed E-state index contributed by atoms with van der Waals surface area (Å²) in [6, 6.07) is 21.1. The van der Waals surface area contributed by atoms with Crippen LogP contribution in [0.5, 0.6) is 5.75 Å². The minimum absolute atomic E-state index is 0.0423. The average Bonchev–Trinajstić information content (AvgIpc) is 3.04. The number of benzene rings is 3. The number of hydrogen-bond acceptors (Lipinski definition) is 9. The molecule has 14 heteroatoms. The Balaban J connectivity index is 1.48. The van der Waals surface area contributed by atoms with E-state index in [1.807, 2.05) is 42.5 Å². The lowest BCUT2D eigenvalue weighted by Gasteiger charge is -2.42. The van der Waals surface area contributed by atoms with Crippen molar-refractivity contribution in [2.45, 2.75) is 20.4 Å². The van der Waals surface area contributed by atoms with E-state index in [2.05, 4.69) is 29.0 Å². The lowest BCUT2D eigenvalue weighted by Crippen LogP contribution is -2.62. The molecular formula is C33H37Cl2N6O5S+. The number of carbonyl (C=O) groups excluding carboxylic acids is 1. The molecule has 2 heterocycles. The third-order valence-electron chi connectivity index (χ3n) is 7.89. The van der Waals surface area contributed by atoms with Crippen LogP contribution in [-0.2, 0) is 20.8 Å². The summed E-state index contributed by atoms with van der Waals surface area (Å²) < 4.78 is 34.4. The van der Waals surface area contributed by atoms with Crippen LogP contribution in [0.15, 0.2) is 79.0 Å². The summed E-state index contributed by atoms with van der Waals surface area (Å²) in [7, 11) is -3.78. The van der Waals surface area contributed by atoms with Crippen molar-refractivity contribution in [3.8, 4) is 5.75 Å². The highest BCUT2D eigenvalue weighted by atomic mass is 35.5. The van der Waals surface area contributed by atoms with Gasteiger partial charge in [-0.1, -0.05) is 55.2 Å². The SMILES string of the molecule is CCN(CC)CCOc1ccc(Nc2ncc3c(n2)N(c2ccccc2)C(=O)[N+](CCOS(C)(=O)=O)(c2ccc(Cl)cc2Cl)C3)cc1. The van der Waals surface area contributed by atoms with E-state index in [9.17, 15) is 13.2 Å². The van der Waals surface area contributed by atoms with E-state index in [1.54, 1.807) is 36.5 Å². The van der Waals surface area contributed by atoms with E-state index in [-0.39, 0.29) is 35.2 Å². The molecule has 0 saturated carbocycles. The molecule has 11 nitrogen and oxygen atoms in total. The molecule has 1 N–H and O–H groups in total. The Hall–Kier alpha value is -3.78. The maximum atomic E-state index is 14.8. The van der Waals surface area contributed by atoms with Crippen molar-refractivity contribution >= 4 is 68.2 Å². The number of anilines is 4. The average molecular weight is 701 g/mol. The van der Waals surface area contributed by atoms with Crippen LogP contribution >= 0.6 is 23.2 Å². The zero-order valence-electron chi connectivity index (χ0n) is 26.4. The summed E-state index contributed by atoms with van der Waals surface area (Å²) in [6.07, 6.45) is 2.62. The highest BCUT2D eigenvalue weighted by Crippen LogP contribution is 2.43. The number of halogens is 2. The fraction of sp³-hybridized carbons (Fsp3) is 0.303. The number of likely N-dealkylation sites (N-methyl/N-ethyl adjacent to an activating group) is 1. The molecule has 1 aromatic heterocycles. The molecule has 2 amide bonds. The van der Waals surface area contributed by atoms with Crippen molar-refractivity contribution in [2.24, 2.45) is 0 Å². The Morgan fingerprint density at radius 2 is 1.72 bits per heavy atom. The third-order valence-corrected chi connectivity index (χ3v) is 9.02. The van der Waals surface area contributed by atoms with Crippen LogP contribution in [-0.4, -0.2) is 75.0 Å². The van der Waals surface area contributed by atoms with E-state index in [1.165, 1.54) is 4.90 Å². The van der Waals surface area contributed by atoms with E-state index in [0.29, 0.717) is 34.4 Å². The molecule has 1 atom stereocenters. The smallest absolute Gasteiger partial charge is 0.434 e. The van der Waals surface area contributed by atoms with Gasteiger partial charge in [0.25, 0.3) is 10.1 Å². The number of nitrogens with one attached hydrogen (secondary N) is 1. The van der Waals surface area contributed by atoms with Gasteiger partial charge in [-0.15, -0.1) is 0 Å². The van der Waals surface area contributed by atoms with Crippen molar-refractivity contribution in [1.82, 2.24) is 19.4 Å². The fourth-order valence-electron chi connectivity index (χ4n) is 5.47. The molecule has 5 rings (SSSR count). The van der Waals surface area contributed by atoms with Crippen molar-refractivity contribution in [3.63, 3.8) is 0 Å². The lowest BCUT2D eigenvalue weighted by molar-refractivity contribution is 0.186. The van der Waals surface area contributed by atoms with E-state index < -0.39 is 16.1 Å². The molecule has 3 aromatic carbocycles. The van der Waals surface area contributed by atoms with Crippen LogP contribution in [0.25, 0.3) is 0 Å². The van der Waals surface area contributed by atoms with Gasteiger partial charge in [0.1, 0.15) is 37.1 Å². The minimum atomic E-state index is -3.78. The molecule has 0 fully saturated rings. The number of quaternary nitrogens is 1. The predicted octanol–water partition coefficient (Wildman–Crippen LogP) is 7.00. The van der Waals surface area contributed by atoms with Gasteiger partial charge in [0.05, 0.1) is 17.5 Å². The van der Waals surface area contributed by atoms with Crippen molar-refractivity contribution < 1.29 is 22.1 Å². The maximum absolute atomic E-state index is 14.8. The van der Waals surface area contributed by atoms with Gasteiger partial charge >= 0.3 is 6.03 Å². The molecule has 0 aliphatic carbocycles. The molecule has 1 aliphatic rings. The normalized spacial score (nSPS) is 16.3. The fourth-order valence-corrected chi connectivity index (χ4v) is 6.41. The molecule has 0 spiro atoms. The van der Waals surface area contributed by atoms with Crippen molar-refractivity contribution in [3.05, 3.63) is 94.6 Å². The van der Waals surface area contributed by atoms with Gasteiger partial charge in [-0.05, 0) is 61.6 Å². The largest absolute Gasteiger partial charge is 0.492 e. The predicted molar refractivity (Wildman–Crippen MR) is 187 cm³/mol. The van der Waals surface area contributed by atoms with Gasteiger partial charge < -0.3 is 15.0 Å². The number of ether oxygens (including phenoxy) is 1. The third kappa shape index (κ3) is 8.21. The first-order chi connectivity index (χ1) is 22.5. The molecule has 248 valence electrons. The molecule has 1 aliphatic heterocycles. The van der Waals surface area contributed by atoms with Gasteiger partial charge in [0.2, 0.25) is 5.95 Å². The van der Waals surface area contributed by atoms with Gasteiger partial charge in [-0.2, -0.15) is 13.4 Å². The first-order valence-corrected chi connectivity index (χ1v) is 17.7. The Morgan fingerprint density at radius 3 is 2.38 bits per heavy atom. The number of carbonyl (C=O) groups is 1. The number of para-hydroxylation sites is 1. The van der Waals surface area contributed by atoms with Gasteiger partial charge in [-0.3, -0.25) is 4.18 Å². The standard InChI is InChI=1S/C33H37Cl2N6O5S/c1-4-39(5-2)17-19-45-28-14-12-26(13-15-28)37-32-36-22-24-23-41(18-20-46-47(3,43)44,30-16-11-25(34)21-29(30)35)33(42)40(31(24)38-32)27-9-7-6-8-10-27/h6-16,21-22H,4-5,17-20,23H2,1-3H3,(H,36,37,38)/q+1. The number of fused-ring (bicyclic) bond motifs is 1. The zero-order valence-corrected chi connectivity index (χ0v) is 28.7. The van der Waals surface area contributed by atoms with Crippen LogP contribution in [0.1, 0.15) is 19.4 Å². The lowest BCUT2D eigenvalue weighted by atomic mass is 10.1. The number of nitrogens with zero attached hydrogens (tertiary/aromatic N) is 5. The number of urea groups is 1. The maximum Gasteiger partial charge on any atom is 0.434 e. The summed E-state index contributed by atoms with van der Waals surface area (Å²) in [5.41, 5.74) is 2.38. The van der Waals surface area contributed by atoms with Crippen LogP contribution in [0.2, 0.25) is 10.0 Å². The highest BCUT2D eigenvalue weighted by molar-refractivity contribution is 7.85. The number of amides is 2. The molecule has 0 saturated heterocycles. The van der Waals surface area contributed by atoms with Crippen LogP contribution < -0.4 is 19.4 Å². The van der Waals surface area contributed by atoms with E-state index >= 15 is 0 Å². The number of aromatic nitrogens is 2. The monoisotopic (exact) mass is 699 g/mol. The Morgan fingerprint density at radius 1 is 1.00 bits per heavy atom.